The molecule has 0 aliphatic heterocycles. The molecule has 0 saturated carbocycles. The zero-order valence-corrected chi connectivity index (χ0v) is 11.0. The quantitative estimate of drug-likeness (QED) is 0.765. The summed E-state index contributed by atoms with van der Waals surface area (Å²) < 4.78 is 5.25. The second-order valence-corrected chi connectivity index (χ2v) is 4.52. The summed E-state index contributed by atoms with van der Waals surface area (Å²) in [6.07, 6.45) is 0. The Morgan fingerprint density at radius 1 is 1.15 bits per heavy atom. The number of rotatable bonds is 3. The molecule has 4 heteroatoms. The number of nitrogens with one attached hydrogen (secondary N) is 1. The number of hydrogen-bond acceptors (Lipinski definition) is 2. The third kappa shape index (κ3) is 1.91. The predicted octanol–water partition coefficient (Wildman–Crippen LogP) is 2.94. The highest BCUT2D eigenvalue weighted by molar-refractivity contribution is 6.09. The van der Waals surface area contributed by atoms with E-state index < -0.39 is 5.91 Å². The summed E-state index contributed by atoms with van der Waals surface area (Å²) in [6, 6.07) is 15.3. The lowest BCUT2D eigenvalue weighted by atomic mass is 10.0. The first-order valence-electron chi connectivity index (χ1n) is 6.25. The number of nitrogens with two attached hydrogens (primary N) is 1. The third-order valence-electron chi connectivity index (χ3n) is 3.31. The van der Waals surface area contributed by atoms with Crippen LogP contribution in [0.4, 0.5) is 0 Å². The Balaban J connectivity index is 2.36. The Hall–Kier alpha value is -2.75. The summed E-state index contributed by atoms with van der Waals surface area (Å²) in [5.41, 5.74) is 8.52. The van der Waals surface area contributed by atoms with Crippen molar-refractivity contribution in [2.24, 2.45) is 5.73 Å². The minimum atomic E-state index is -0.473. The summed E-state index contributed by atoms with van der Waals surface area (Å²) in [5.74, 6) is 0.267. The van der Waals surface area contributed by atoms with Crippen LogP contribution in [0.25, 0.3) is 22.0 Å². The summed E-state index contributed by atoms with van der Waals surface area (Å²) in [4.78, 5) is 14.8. The molecule has 20 heavy (non-hydrogen) atoms. The van der Waals surface area contributed by atoms with E-state index in [-0.39, 0.29) is 0 Å². The fraction of sp³-hybridized carbons (Fsp3) is 0.0625. The SMILES string of the molecule is COc1ccc2[nH]c(C(N)=O)c(-c3ccccc3)c2c1. The van der Waals surface area contributed by atoms with Crippen molar-refractivity contribution in [1.82, 2.24) is 4.98 Å². The lowest BCUT2D eigenvalue weighted by molar-refractivity contribution is 0.0997. The average Bonchev–Trinajstić information content (AvgIpc) is 2.86. The maximum atomic E-state index is 11.7. The van der Waals surface area contributed by atoms with Gasteiger partial charge < -0.3 is 15.5 Å². The molecule has 1 aromatic heterocycles. The second-order valence-electron chi connectivity index (χ2n) is 4.52. The predicted molar refractivity (Wildman–Crippen MR) is 78.8 cm³/mol. The summed E-state index contributed by atoms with van der Waals surface area (Å²) in [6.45, 7) is 0. The number of ether oxygens (including phenoxy) is 1. The number of H-pyrrole nitrogens is 1. The van der Waals surface area contributed by atoms with Crippen LogP contribution >= 0.6 is 0 Å². The Morgan fingerprint density at radius 3 is 2.55 bits per heavy atom. The lowest BCUT2D eigenvalue weighted by Gasteiger charge is -2.03. The average molecular weight is 266 g/mol. The van der Waals surface area contributed by atoms with E-state index in [1.165, 1.54) is 0 Å². The van der Waals surface area contributed by atoms with Gasteiger partial charge in [0.05, 0.1) is 7.11 Å². The van der Waals surface area contributed by atoms with Gasteiger partial charge >= 0.3 is 0 Å². The first-order chi connectivity index (χ1) is 9.70. The molecule has 100 valence electrons. The zero-order chi connectivity index (χ0) is 14.1. The monoisotopic (exact) mass is 266 g/mol. The van der Waals surface area contributed by atoms with Crippen molar-refractivity contribution in [3.8, 4) is 16.9 Å². The molecule has 3 rings (SSSR count). The van der Waals surface area contributed by atoms with Gasteiger partial charge in [-0.3, -0.25) is 4.79 Å². The van der Waals surface area contributed by atoms with Crippen molar-refractivity contribution in [2.75, 3.05) is 7.11 Å². The van der Waals surface area contributed by atoms with Gasteiger partial charge in [-0.1, -0.05) is 30.3 Å². The number of aromatic nitrogens is 1. The highest BCUT2D eigenvalue weighted by atomic mass is 16.5. The first kappa shape index (κ1) is 12.3. The zero-order valence-electron chi connectivity index (χ0n) is 11.0. The molecule has 0 aliphatic rings. The Kier molecular flexibility index (Phi) is 2.91. The van der Waals surface area contributed by atoms with Gasteiger partial charge in [0.1, 0.15) is 11.4 Å². The molecule has 1 amide bonds. The highest BCUT2D eigenvalue weighted by Crippen LogP contribution is 2.34. The first-order valence-corrected chi connectivity index (χ1v) is 6.25. The van der Waals surface area contributed by atoms with Crippen LogP contribution in [0.5, 0.6) is 5.75 Å². The van der Waals surface area contributed by atoms with E-state index in [1.54, 1.807) is 7.11 Å². The van der Waals surface area contributed by atoms with Crippen molar-refractivity contribution < 1.29 is 9.53 Å². The Labute approximate surface area is 116 Å². The molecule has 0 aliphatic carbocycles. The highest BCUT2D eigenvalue weighted by Gasteiger charge is 2.17. The number of carbonyl (C=O) groups is 1. The maximum absolute atomic E-state index is 11.7. The lowest BCUT2D eigenvalue weighted by Crippen LogP contribution is -2.12. The van der Waals surface area contributed by atoms with E-state index in [0.717, 1.165) is 27.8 Å². The molecular weight excluding hydrogens is 252 g/mol. The van der Waals surface area contributed by atoms with Crippen LogP contribution in [0.3, 0.4) is 0 Å². The van der Waals surface area contributed by atoms with Crippen molar-refractivity contribution >= 4 is 16.8 Å². The molecule has 0 fully saturated rings. The van der Waals surface area contributed by atoms with E-state index in [2.05, 4.69) is 4.98 Å². The summed E-state index contributed by atoms with van der Waals surface area (Å²) >= 11 is 0. The van der Waals surface area contributed by atoms with Crippen LogP contribution in [0.15, 0.2) is 48.5 Å². The van der Waals surface area contributed by atoms with E-state index in [9.17, 15) is 4.79 Å². The summed E-state index contributed by atoms with van der Waals surface area (Å²) in [7, 11) is 1.62. The number of amides is 1. The minimum Gasteiger partial charge on any atom is -0.497 e. The van der Waals surface area contributed by atoms with E-state index in [4.69, 9.17) is 10.5 Å². The molecule has 0 atom stereocenters. The number of aromatic amines is 1. The number of primary amides is 1. The van der Waals surface area contributed by atoms with Gasteiger partial charge in [-0.25, -0.2) is 0 Å². The van der Waals surface area contributed by atoms with Crippen LogP contribution in [0.1, 0.15) is 10.5 Å². The molecule has 2 aromatic carbocycles. The molecule has 0 bridgehead atoms. The van der Waals surface area contributed by atoms with Gasteiger partial charge in [0, 0.05) is 16.5 Å². The van der Waals surface area contributed by atoms with Crippen LogP contribution in [0, 0.1) is 0 Å². The molecule has 3 N–H and O–H groups in total. The molecule has 0 saturated heterocycles. The molecule has 1 heterocycles. The van der Waals surface area contributed by atoms with Crippen molar-refractivity contribution in [3.05, 3.63) is 54.2 Å². The smallest absolute Gasteiger partial charge is 0.265 e. The van der Waals surface area contributed by atoms with Gasteiger partial charge in [-0.15, -0.1) is 0 Å². The van der Waals surface area contributed by atoms with Gasteiger partial charge in [0.15, 0.2) is 0 Å². The van der Waals surface area contributed by atoms with Crippen LogP contribution < -0.4 is 10.5 Å². The van der Waals surface area contributed by atoms with Crippen molar-refractivity contribution in [2.45, 2.75) is 0 Å². The summed E-state index contributed by atoms with van der Waals surface area (Å²) in [5, 5.41) is 0.921. The standard InChI is InChI=1S/C16H14N2O2/c1-20-11-7-8-13-12(9-11)14(15(18-13)16(17)19)10-5-3-2-4-6-10/h2-9,18H,1H3,(H2,17,19). The van der Waals surface area contributed by atoms with Crippen molar-refractivity contribution in [3.63, 3.8) is 0 Å². The van der Waals surface area contributed by atoms with E-state index in [1.807, 2.05) is 48.5 Å². The van der Waals surface area contributed by atoms with Gasteiger partial charge in [0.2, 0.25) is 0 Å². The van der Waals surface area contributed by atoms with Gasteiger partial charge in [0.25, 0.3) is 5.91 Å². The van der Waals surface area contributed by atoms with Gasteiger partial charge in [-0.05, 0) is 23.8 Å². The number of benzene rings is 2. The molecule has 0 radical (unpaired) electrons. The maximum Gasteiger partial charge on any atom is 0.265 e. The number of carbonyl (C=O) groups excluding carboxylic acids is 1. The van der Waals surface area contributed by atoms with Crippen LogP contribution in [-0.2, 0) is 0 Å². The molecule has 0 unspecified atom stereocenters. The molecule has 4 nitrogen and oxygen atoms in total. The Bertz CT molecular complexity index is 776. The van der Waals surface area contributed by atoms with E-state index in [0.29, 0.717) is 5.69 Å². The van der Waals surface area contributed by atoms with Gasteiger partial charge in [-0.2, -0.15) is 0 Å². The number of fused-ring (bicyclic) bond motifs is 1. The second kappa shape index (κ2) is 4.74. The number of hydrogen-bond donors (Lipinski definition) is 2. The third-order valence-corrected chi connectivity index (χ3v) is 3.31. The topological polar surface area (TPSA) is 68.1 Å². The fourth-order valence-electron chi connectivity index (χ4n) is 2.39. The molecule has 3 aromatic rings. The molecular formula is C16H14N2O2. The van der Waals surface area contributed by atoms with Crippen molar-refractivity contribution in [1.29, 1.82) is 0 Å². The Morgan fingerprint density at radius 2 is 1.90 bits per heavy atom. The number of methoxy groups -OCH3 is 1. The molecule has 0 spiro atoms. The van der Waals surface area contributed by atoms with Crippen LogP contribution in [0.2, 0.25) is 0 Å². The fourth-order valence-corrected chi connectivity index (χ4v) is 2.39. The minimum absolute atomic E-state index is 0.416. The van der Waals surface area contributed by atoms with Crippen LogP contribution in [-0.4, -0.2) is 18.0 Å². The van der Waals surface area contributed by atoms with E-state index >= 15 is 0 Å². The largest absolute Gasteiger partial charge is 0.497 e. The normalized spacial score (nSPS) is 10.7.